The van der Waals surface area contributed by atoms with Gasteiger partial charge in [-0.2, -0.15) is 0 Å². The summed E-state index contributed by atoms with van der Waals surface area (Å²) in [7, 11) is 0. The molecule has 15 heavy (non-hydrogen) atoms. The number of fused-ring (bicyclic) bond motifs is 1. The lowest BCUT2D eigenvalue weighted by Crippen LogP contribution is -1.94. The van der Waals surface area contributed by atoms with E-state index in [0.29, 0.717) is 5.15 Å². The highest BCUT2D eigenvalue weighted by molar-refractivity contribution is 9.11. The average Bonchev–Trinajstić information content (AvgIpc) is 2.56. The Morgan fingerprint density at radius 1 is 1.47 bits per heavy atom. The zero-order valence-electron chi connectivity index (χ0n) is 8.26. The zero-order valence-corrected chi connectivity index (χ0v) is 11.4. The van der Waals surface area contributed by atoms with Gasteiger partial charge in [0.1, 0.15) is 15.8 Å². The number of rotatable bonds is 3. The topological polar surface area (TPSA) is 25.8 Å². The van der Waals surface area contributed by atoms with Crippen LogP contribution in [0.3, 0.4) is 0 Å². The normalized spacial score (nSPS) is 11.1. The number of aromatic nitrogens is 2. The van der Waals surface area contributed by atoms with E-state index in [9.17, 15) is 0 Å². The quantitative estimate of drug-likeness (QED) is 0.783. The smallest absolute Gasteiger partial charge is 0.141 e. The van der Waals surface area contributed by atoms with Gasteiger partial charge in [0.25, 0.3) is 0 Å². The molecule has 0 N–H and O–H groups in total. The number of thiophene rings is 1. The third-order valence-corrected chi connectivity index (χ3v) is 3.94. The molecule has 0 aromatic carbocycles. The summed E-state index contributed by atoms with van der Waals surface area (Å²) in [4.78, 5) is 9.75. The Bertz CT molecular complexity index is 483. The van der Waals surface area contributed by atoms with E-state index in [1.165, 1.54) is 0 Å². The third-order valence-electron chi connectivity index (χ3n) is 2.12. The number of aryl methyl sites for hydroxylation is 1. The standard InChI is InChI=1S/C10H10BrClN2S/c1-2-3-4-8-13-9(12)6-5-7(11)15-10(6)14-8/h5H,2-4H2,1H3. The predicted molar refractivity (Wildman–Crippen MR) is 68.7 cm³/mol. The van der Waals surface area contributed by atoms with Crippen LogP contribution in [0.5, 0.6) is 0 Å². The monoisotopic (exact) mass is 304 g/mol. The molecule has 0 bridgehead atoms. The van der Waals surface area contributed by atoms with Crippen LogP contribution in [0.25, 0.3) is 10.2 Å². The van der Waals surface area contributed by atoms with Crippen molar-refractivity contribution in [3.63, 3.8) is 0 Å². The van der Waals surface area contributed by atoms with E-state index in [1.54, 1.807) is 11.3 Å². The van der Waals surface area contributed by atoms with Crippen LogP contribution in [-0.2, 0) is 6.42 Å². The van der Waals surface area contributed by atoms with Crippen molar-refractivity contribution in [2.75, 3.05) is 0 Å². The molecule has 2 aromatic rings. The average molecular weight is 306 g/mol. The lowest BCUT2D eigenvalue weighted by molar-refractivity contribution is 0.757. The Morgan fingerprint density at radius 2 is 2.27 bits per heavy atom. The van der Waals surface area contributed by atoms with Gasteiger partial charge in [-0.1, -0.05) is 24.9 Å². The van der Waals surface area contributed by atoms with Gasteiger partial charge in [-0.05, 0) is 28.4 Å². The summed E-state index contributed by atoms with van der Waals surface area (Å²) in [5.74, 6) is 0.851. The van der Waals surface area contributed by atoms with Crippen LogP contribution in [-0.4, -0.2) is 9.97 Å². The summed E-state index contributed by atoms with van der Waals surface area (Å²) in [5.41, 5.74) is 0. The maximum Gasteiger partial charge on any atom is 0.141 e. The van der Waals surface area contributed by atoms with E-state index in [4.69, 9.17) is 11.6 Å². The first-order valence-corrected chi connectivity index (χ1v) is 6.81. The Kier molecular flexibility index (Phi) is 3.59. The summed E-state index contributed by atoms with van der Waals surface area (Å²) in [6.45, 7) is 2.15. The van der Waals surface area contributed by atoms with Gasteiger partial charge in [0.05, 0.1) is 3.79 Å². The van der Waals surface area contributed by atoms with E-state index in [0.717, 1.165) is 39.1 Å². The zero-order chi connectivity index (χ0) is 10.8. The van der Waals surface area contributed by atoms with Crippen LogP contribution >= 0.6 is 38.9 Å². The number of unbranched alkanes of at least 4 members (excludes halogenated alkanes) is 1. The van der Waals surface area contributed by atoms with Crippen LogP contribution in [0.2, 0.25) is 5.15 Å². The first kappa shape index (κ1) is 11.3. The summed E-state index contributed by atoms with van der Waals surface area (Å²) in [6, 6.07) is 1.96. The van der Waals surface area contributed by atoms with Crippen molar-refractivity contribution in [1.82, 2.24) is 9.97 Å². The fourth-order valence-electron chi connectivity index (χ4n) is 1.35. The minimum atomic E-state index is 0.563. The van der Waals surface area contributed by atoms with E-state index < -0.39 is 0 Å². The summed E-state index contributed by atoms with van der Waals surface area (Å²) >= 11 is 11.1. The second kappa shape index (κ2) is 4.76. The number of halogens is 2. The largest absolute Gasteiger partial charge is 0.222 e. The molecule has 0 atom stereocenters. The molecule has 0 aliphatic rings. The van der Waals surface area contributed by atoms with E-state index in [1.807, 2.05) is 6.07 Å². The van der Waals surface area contributed by atoms with Gasteiger partial charge in [-0.15, -0.1) is 11.3 Å². The van der Waals surface area contributed by atoms with Gasteiger partial charge >= 0.3 is 0 Å². The first-order chi connectivity index (χ1) is 7.20. The van der Waals surface area contributed by atoms with Crippen molar-refractivity contribution in [1.29, 1.82) is 0 Å². The molecule has 2 heterocycles. The molecule has 0 aliphatic heterocycles. The highest BCUT2D eigenvalue weighted by Crippen LogP contribution is 2.32. The Balaban J connectivity index is 2.42. The van der Waals surface area contributed by atoms with Gasteiger partial charge in [-0.3, -0.25) is 0 Å². The minimum absolute atomic E-state index is 0.563. The predicted octanol–water partition coefficient (Wildman–Crippen LogP) is 4.45. The summed E-state index contributed by atoms with van der Waals surface area (Å²) in [6.07, 6.45) is 3.16. The molecule has 0 radical (unpaired) electrons. The van der Waals surface area contributed by atoms with Gasteiger partial charge < -0.3 is 0 Å². The molecule has 0 aliphatic carbocycles. The Hall–Kier alpha value is -0.190. The van der Waals surface area contributed by atoms with Crippen LogP contribution in [0.15, 0.2) is 9.85 Å². The molecule has 2 nitrogen and oxygen atoms in total. The lowest BCUT2D eigenvalue weighted by atomic mass is 10.2. The van der Waals surface area contributed by atoms with E-state index in [-0.39, 0.29) is 0 Å². The molecule has 0 saturated heterocycles. The first-order valence-electron chi connectivity index (χ1n) is 4.82. The highest BCUT2D eigenvalue weighted by atomic mass is 79.9. The molecule has 2 rings (SSSR count). The molecular weight excluding hydrogens is 296 g/mol. The summed E-state index contributed by atoms with van der Waals surface area (Å²) < 4.78 is 1.04. The van der Waals surface area contributed by atoms with Crippen molar-refractivity contribution >= 4 is 49.1 Å². The Labute approximate surface area is 106 Å². The lowest BCUT2D eigenvalue weighted by Gasteiger charge is -1.99. The van der Waals surface area contributed by atoms with Gasteiger partial charge in [0.15, 0.2) is 0 Å². The SMILES string of the molecule is CCCCc1nc(Cl)c2cc(Br)sc2n1. The number of hydrogen-bond donors (Lipinski definition) is 0. The van der Waals surface area contributed by atoms with E-state index in [2.05, 4.69) is 32.8 Å². The maximum atomic E-state index is 6.09. The number of nitrogens with zero attached hydrogens (tertiary/aromatic N) is 2. The molecule has 2 aromatic heterocycles. The van der Waals surface area contributed by atoms with Crippen LogP contribution in [0.4, 0.5) is 0 Å². The molecule has 0 unspecified atom stereocenters. The fraction of sp³-hybridized carbons (Fsp3) is 0.400. The van der Waals surface area contributed by atoms with Crippen molar-refractivity contribution in [3.8, 4) is 0 Å². The second-order valence-corrected chi connectivity index (χ2v) is 6.07. The van der Waals surface area contributed by atoms with Gasteiger partial charge in [-0.25, -0.2) is 9.97 Å². The minimum Gasteiger partial charge on any atom is -0.222 e. The van der Waals surface area contributed by atoms with Crippen LogP contribution in [0.1, 0.15) is 25.6 Å². The molecule has 5 heteroatoms. The van der Waals surface area contributed by atoms with Crippen LogP contribution < -0.4 is 0 Å². The molecule has 0 saturated carbocycles. The van der Waals surface area contributed by atoms with Gasteiger partial charge in [0, 0.05) is 11.8 Å². The molecule has 0 amide bonds. The highest BCUT2D eigenvalue weighted by Gasteiger charge is 2.08. The second-order valence-electron chi connectivity index (χ2n) is 3.30. The van der Waals surface area contributed by atoms with Crippen molar-refractivity contribution < 1.29 is 0 Å². The third kappa shape index (κ3) is 2.49. The van der Waals surface area contributed by atoms with Crippen molar-refractivity contribution in [3.05, 3.63) is 20.8 Å². The van der Waals surface area contributed by atoms with E-state index >= 15 is 0 Å². The van der Waals surface area contributed by atoms with Crippen LogP contribution in [0, 0.1) is 0 Å². The summed E-state index contributed by atoms with van der Waals surface area (Å²) in [5, 5.41) is 1.50. The molecular formula is C10H10BrClN2S. The fourth-order valence-corrected chi connectivity index (χ4v) is 3.11. The maximum absolute atomic E-state index is 6.09. The van der Waals surface area contributed by atoms with Gasteiger partial charge in [0.2, 0.25) is 0 Å². The molecule has 0 fully saturated rings. The number of hydrogen-bond acceptors (Lipinski definition) is 3. The molecule has 0 spiro atoms. The molecule has 80 valence electrons. The van der Waals surface area contributed by atoms with Crippen molar-refractivity contribution in [2.24, 2.45) is 0 Å². The Morgan fingerprint density at radius 3 is 3.00 bits per heavy atom. The van der Waals surface area contributed by atoms with Crippen molar-refractivity contribution in [2.45, 2.75) is 26.2 Å².